The summed E-state index contributed by atoms with van der Waals surface area (Å²) < 4.78 is 16.0. The van der Waals surface area contributed by atoms with Gasteiger partial charge in [-0.2, -0.15) is 0 Å². The molecule has 17 heavy (non-hydrogen) atoms. The summed E-state index contributed by atoms with van der Waals surface area (Å²) in [5.74, 6) is 0. The van der Waals surface area contributed by atoms with E-state index in [1.807, 2.05) is 0 Å². The van der Waals surface area contributed by atoms with Crippen LogP contribution in [0.3, 0.4) is 0 Å². The minimum absolute atomic E-state index is 0.380. The average molecular weight is 309 g/mol. The van der Waals surface area contributed by atoms with Crippen LogP contribution in [0.5, 0.6) is 0 Å². The van der Waals surface area contributed by atoms with Gasteiger partial charge >= 0.3 is 0 Å². The summed E-state index contributed by atoms with van der Waals surface area (Å²) in [7, 11) is 1.68. The Labute approximate surface area is 113 Å². The van der Waals surface area contributed by atoms with Crippen LogP contribution in [0, 0.1) is 5.41 Å². The molecule has 3 nitrogen and oxygen atoms in total. The number of hydrogen-bond donors (Lipinski definition) is 0. The molecule has 0 spiro atoms. The van der Waals surface area contributed by atoms with Crippen LogP contribution in [-0.4, -0.2) is 45.5 Å². The summed E-state index contributed by atoms with van der Waals surface area (Å²) in [6.45, 7) is 3.54. The molecule has 0 heterocycles. The second kappa shape index (κ2) is 9.31. The number of methoxy groups -OCH3 is 1. The van der Waals surface area contributed by atoms with Gasteiger partial charge in [0.25, 0.3) is 0 Å². The van der Waals surface area contributed by atoms with Crippen molar-refractivity contribution in [3.8, 4) is 0 Å². The zero-order valence-electron chi connectivity index (χ0n) is 10.9. The molecule has 0 bridgehead atoms. The molecule has 102 valence electrons. The molecule has 0 aliphatic heterocycles. The van der Waals surface area contributed by atoms with E-state index < -0.39 is 0 Å². The summed E-state index contributed by atoms with van der Waals surface area (Å²) in [6, 6.07) is 0. The lowest BCUT2D eigenvalue weighted by atomic mass is 9.76. The molecule has 1 aliphatic rings. The number of alkyl halides is 1. The Hall–Kier alpha value is 0.360. The summed E-state index contributed by atoms with van der Waals surface area (Å²) in [4.78, 5) is 0. The molecule has 1 rings (SSSR count). The monoisotopic (exact) mass is 308 g/mol. The van der Waals surface area contributed by atoms with E-state index >= 15 is 0 Å². The molecule has 0 amide bonds. The molecule has 1 aliphatic carbocycles. The quantitative estimate of drug-likeness (QED) is 0.484. The van der Waals surface area contributed by atoms with Crippen molar-refractivity contribution in [3.05, 3.63) is 0 Å². The van der Waals surface area contributed by atoms with Crippen LogP contribution in [0.1, 0.15) is 32.1 Å². The van der Waals surface area contributed by atoms with Crippen LogP contribution in [0.2, 0.25) is 0 Å². The minimum atomic E-state index is 0.380. The van der Waals surface area contributed by atoms with Gasteiger partial charge in [0.15, 0.2) is 0 Å². The number of rotatable bonds is 9. The molecule has 0 radical (unpaired) electrons. The highest BCUT2D eigenvalue weighted by molar-refractivity contribution is 9.09. The Morgan fingerprint density at radius 2 is 1.59 bits per heavy atom. The molecule has 0 N–H and O–H groups in total. The van der Waals surface area contributed by atoms with Crippen molar-refractivity contribution in [1.82, 2.24) is 0 Å². The standard InChI is InChI=1S/C13H25BrO3/c1-15-7-8-16-9-10-17-12-13(11-14)5-3-2-4-6-13/h2-12H2,1H3. The van der Waals surface area contributed by atoms with E-state index in [4.69, 9.17) is 14.2 Å². The molecule has 1 saturated carbocycles. The van der Waals surface area contributed by atoms with E-state index in [0.29, 0.717) is 31.8 Å². The van der Waals surface area contributed by atoms with Gasteiger partial charge in [0.1, 0.15) is 0 Å². The summed E-state index contributed by atoms with van der Waals surface area (Å²) >= 11 is 3.64. The first kappa shape index (κ1) is 15.4. The molecule has 0 aromatic heterocycles. The Kier molecular flexibility index (Phi) is 8.44. The lowest BCUT2D eigenvalue weighted by Crippen LogP contribution is -2.32. The van der Waals surface area contributed by atoms with E-state index in [2.05, 4.69) is 15.9 Å². The topological polar surface area (TPSA) is 27.7 Å². The first-order valence-corrected chi connectivity index (χ1v) is 7.65. The molecule has 0 aromatic rings. The maximum Gasteiger partial charge on any atom is 0.0701 e. The van der Waals surface area contributed by atoms with Crippen molar-refractivity contribution in [2.45, 2.75) is 32.1 Å². The Bertz CT molecular complexity index is 182. The number of hydrogen-bond acceptors (Lipinski definition) is 3. The Morgan fingerprint density at radius 3 is 2.24 bits per heavy atom. The zero-order valence-corrected chi connectivity index (χ0v) is 12.5. The van der Waals surface area contributed by atoms with Gasteiger partial charge < -0.3 is 14.2 Å². The maximum atomic E-state index is 5.75. The van der Waals surface area contributed by atoms with Gasteiger partial charge in [0.05, 0.1) is 33.0 Å². The highest BCUT2D eigenvalue weighted by Gasteiger charge is 2.30. The van der Waals surface area contributed by atoms with Crippen LogP contribution >= 0.6 is 15.9 Å². The van der Waals surface area contributed by atoms with E-state index in [1.165, 1.54) is 32.1 Å². The second-order valence-electron chi connectivity index (χ2n) is 4.85. The minimum Gasteiger partial charge on any atom is -0.382 e. The largest absolute Gasteiger partial charge is 0.382 e. The van der Waals surface area contributed by atoms with Gasteiger partial charge in [0, 0.05) is 17.9 Å². The van der Waals surface area contributed by atoms with Gasteiger partial charge in [-0.15, -0.1) is 0 Å². The Balaban J connectivity index is 2.03. The smallest absolute Gasteiger partial charge is 0.0701 e. The predicted octanol–water partition coefficient (Wildman–Crippen LogP) is 3.01. The first-order valence-electron chi connectivity index (χ1n) is 6.53. The van der Waals surface area contributed by atoms with Crippen molar-refractivity contribution in [1.29, 1.82) is 0 Å². The van der Waals surface area contributed by atoms with E-state index in [9.17, 15) is 0 Å². The molecule has 1 fully saturated rings. The molecule has 0 atom stereocenters. The van der Waals surface area contributed by atoms with Crippen LogP contribution in [0.4, 0.5) is 0 Å². The predicted molar refractivity (Wildman–Crippen MR) is 72.8 cm³/mol. The molecule has 4 heteroatoms. The van der Waals surface area contributed by atoms with E-state index in [-0.39, 0.29) is 0 Å². The molecule has 0 unspecified atom stereocenters. The third-order valence-electron chi connectivity index (χ3n) is 3.41. The highest BCUT2D eigenvalue weighted by Crippen LogP contribution is 2.37. The van der Waals surface area contributed by atoms with Crippen molar-refractivity contribution < 1.29 is 14.2 Å². The first-order chi connectivity index (χ1) is 8.33. The van der Waals surface area contributed by atoms with Gasteiger partial charge in [0.2, 0.25) is 0 Å². The third kappa shape index (κ3) is 6.18. The van der Waals surface area contributed by atoms with Gasteiger partial charge in [-0.3, -0.25) is 0 Å². The van der Waals surface area contributed by atoms with Crippen molar-refractivity contribution in [2.75, 3.05) is 45.5 Å². The maximum absolute atomic E-state index is 5.75. The van der Waals surface area contributed by atoms with Gasteiger partial charge in [-0.25, -0.2) is 0 Å². The van der Waals surface area contributed by atoms with Crippen LogP contribution < -0.4 is 0 Å². The zero-order chi connectivity index (χ0) is 12.4. The van der Waals surface area contributed by atoms with Crippen molar-refractivity contribution >= 4 is 15.9 Å². The fraction of sp³-hybridized carbons (Fsp3) is 1.00. The number of halogens is 1. The lowest BCUT2D eigenvalue weighted by Gasteiger charge is -2.35. The fourth-order valence-electron chi connectivity index (χ4n) is 2.27. The van der Waals surface area contributed by atoms with Crippen LogP contribution in [0.15, 0.2) is 0 Å². The van der Waals surface area contributed by atoms with Gasteiger partial charge in [-0.1, -0.05) is 35.2 Å². The van der Waals surface area contributed by atoms with Crippen LogP contribution in [-0.2, 0) is 14.2 Å². The van der Waals surface area contributed by atoms with Crippen LogP contribution in [0.25, 0.3) is 0 Å². The average Bonchev–Trinajstić information content (AvgIpc) is 2.39. The van der Waals surface area contributed by atoms with Crippen molar-refractivity contribution in [3.63, 3.8) is 0 Å². The fourth-order valence-corrected chi connectivity index (χ4v) is 2.99. The molecule has 0 aromatic carbocycles. The Morgan fingerprint density at radius 1 is 0.941 bits per heavy atom. The summed E-state index contributed by atoms with van der Waals surface area (Å²) in [6.07, 6.45) is 6.67. The summed E-state index contributed by atoms with van der Waals surface area (Å²) in [5.41, 5.74) is 0.380. The molecular weight excluding hydrogens is 284 g/mol. The lowest BCUT2D eigenvalue weighted by molar-refractivity contribution is -0.00883. The number of ether oxygens (including phenoxy) is 3. The van der Waals surface area contributed by atoms with E-state index in [1.54, 1.807) is 7.11 Å². The third-order valence-corrected chi connectivity index (χ3v) is 4.60. The molecular formula is C13H25BrO3. The highest BCUT2D eigenvalue weighted by atomic mass is 79.9. The second-order valence-corrected chi connectivity index (χ2v) is 5.41. The van der Waals surface area contributed by atoms with E-state index in [0.717, 1.165) is 11.9 Å². The molecule has 0 saturated heterocycles. The van der Waals surface area contributed by atoms with Gasteiger partial charge in [-0.05, 0) is 12.8 Å². The summed E-state index contributed by atoms with van der Waals surface area (Å²) in [5, 5.41) is 1.06. The van der Waals surface area contributed by atoms with Crippen molar-refractivity contribution in [2.24, 2.45) is 5.41 Å². The normalized spacial score (nSPS) is 19.4. The SMILES string of the molecule is COCCOCCOCC1(CBr)CCCCC1.